The Morgan fingerprint density at radius 3 is 2.38 bits per heavy atom. The average Bonchev–Trinajstić information content (AvgIpc) is 3.06. The van der Waals surface area contributed by atoms with Gasteiger partial charge in [-0.3, -0.25) is 10.1 Å². The highest BCUT2D eigenvalue weighted by molar-refractivity contribution is 8.04. The fourth-order valence-corrected chi connectivity index (χ4v) is 4.21. The molecular weight excluding hydrogens is 388 g/mol. The lowest BCUT2D eigenvalue weighted by molar-refractivity contribution is -0.119. The molecule has 0 fully saturated rings. The van der Waals surface area contributed by atoms with Crippen LogP contribution in [0.5, 0.6) is 5.75 Å². The van der Waals surface area contributed by atoms with Gasteiger partial charge in [0.15, 0.2) is 0 Å². The molecule has 3 rings (SSSR count). The van der Waals surface area contributed by atoms with Crippen molar-refractivity contribution >= 4 is 29.4 Å². The Hall–Kier alpha value is -3.44. The molecule has 1 aliphatic rings. The van der Waals surface area contributed by atoms with Gasteiger partial charge in [0, 0.05) is 11.6 Å². The smallest absolute Gasteiger partial charge is 0.325 e. The summed E-state index contributed by atoms with van der Waals surface area (Å²) in [5.41, 5.74) is 8.68. The Labute approximate surface area is 172 Å². The molecule has 0 saturated heterocycles. The highest BCUT2D eigenvalue weighted by Crippen LogP contribution is 2.45. The third-order valence-electron chi connectivity index (χ3n) is 4.53. The molecule has 3 amide bonds. The van der Waals surface area contributed by atoms with E-state index < -0.39 is 23.1 Å². The number of nitrogens with two attached hydrogens (primary N) is 1. The topological polar surface area (TPSA) is 117 Å². The maximum Gasteiger partial charge on any atom is 0.325 e. The van der Waals surface area contributed by atoms with Crippen molar-refractivity contribution < 1.29 is 14.3 Å². The number of imide groups is 1. The molecule has 0 spiro atoms. The molecule has 2 unspecified atom stereocenters. The van der Waals surface area contributed by atoms with Gasteiger partial charge in [0.1, 0.15) is 11.0 Å². The number of anilines is 1. The van der Waals surface area contributed by atoms with Crippen molar-refractivity contribution in [2.24, 2.45) is 5.73 Å². The van der Waals surface area contributed by atoms with Gasteiger partial charge < -0.3 is 15.8 Å². The highest BCUT2D eigenvalue weighted by Gasteiger charge is 2.41. The molecule has 2 aromatic carbocycles. The molecule has 2 atom stereocenters. The van der Waals surface area contributed by atoms with E-state index in [2.05, 4.69) is 16.7 Å². The van der Waals surface area contributed by atoms with Gasteiger partial charge in [0.05, 0.1) is 23.8 Å². The largest absolute Gasteiger partial charge is 0.497 e. The average molecular weight is 408 g/mol. The summed E-state index contributed by atoms with van der Waals surface area (Å²) in [6.07, 6.45) is 0. The standard InChI is InChI=1S/C21H20N4O3S/c1-12-3-7-14(8-4-12)24-21(27)25-20(26)18-17(16(11-22)19(23)29-18)13-5-9-15(28-2)10-6-13/h3-10,17-18H,23H2,1-2H3,(H2,24,25,26,27). The third-order valence-corrected chi connectivity index (χ3v) is 5.75. The number of rotatable bonds is 4. The molecule has 4 N–H and O–H groups in total. The number of nitrogens with one attached hydrogen (secondary N) is 2. The molecule has 148 valence electrons. The van der Waals surface area contributed by atoms with E-state index in [9.17, 15) is 14.9 Å². The molecule has 0 bridgehead atoms. The van der Waals surface area contributed by atoms with Crippen molar-refractivity contribution in [3.63, 3.8) is 0 Å². The Kier molecular flexibility index (Phi) is 6.10. The van der Waals surface area contributed by atoms with Gasteiger partial charge in [-0.1, -0.05) is 41.6 Å². The predicted molar refractivity (Wildman–Crippen MR) is 112 cm³/mol. The number of aryl methyl sites for hydroxylation is 1. The van der Waals surface area contributed by atoms with Crippen LogP contribution in [0, 0.1) is 18.3 Å². The van der Waals surface area contributed by atoms with Crippen molar-refractivity contribution in [3.8, 4) is 11.8 Å². The van der Waals surface area contributed by atoms with Crippen molar-refractivity contribution in [1.29, 1.82) is 5.26 Å². The Balaban J connectivity index is 1.76. The Bertz CT molecular complexity index is 994. The van der Waals surface area contributed by atoms with Crippen LogP contribution >= 0.6 is 11.8 Å². The number of hydrogen-bond acceptors (Lipinski definition) is 6. The zero-order valence-corrected chi connectivity index (χ0v) is 16.7. The maximum absolute atomic E-state index is 12.8. The van der Waals surface area contributed by atoms with Crippen LogP contribution in [-0.2, 0) is 4.79 Å². The molecule has 0 saturated carbocycles. The van der Waals surface area contributed by atoms with Crippen molar-refractivity contribution in [1.82, 2.24) is 5.32 Å². The van der Waals surface area contributed by atoms with Crippen LogP contribution in [-0.4, -0.2) is 24.3 Å². The van der Waals surface area contributed by atoms with Crippen LogP contribution in [0.3, 0.4) is 0 Å². The number of thioether (sulfide) groups is 1. The predicted octanol–water partition coefficient (Wildman–Crippen LogP) is 3.24. The van der Waals surface area contributed by atoms with Crippen molar-refractivity contribution in [2.45, 2.75) is 18.1 Å². The molecule has 1 aliphatic heterocycles. The van der Waals surface area contributed by atoms with Gasteiger partial charge in [0.2, 0.25) is 5.91 Å². The van der Waals surface area contributed by atoms with Gasteiger partial charge in [-0.05, 0) is 36.8 Å². The van der Waals surface area contributed by atoms with Crippen LogP contribution in [0.2, 0.25) is 0 Å². The molecule has 8 heteroatoms. The number of carbonyl (C=O) groups excluding carboxylic acids is 2. The van der Waals surface area contributed by atoms with Crippen LogP contribution in [0.1, 0.15) is 17.0 Å². The number of allylic oxidation sites excluding steroid dienone is 1. The molecular formula is C21H20N4O3S. The molecule has 7 nitrogen and oxygen atoms in total. The minimum Gasteiger partial charge on any atom is -0.497 e. The zero-order valence-electron chi connectivity index (χ0n) is 15.9. The Morgan fingerprint density at radius 2 is 1.79 bits per heavy atom. The third kappa shape index (κ3) is 4.52. The summed E-state index contributed by atoms with van der Waals surface area (Å²) in [5.74, 6) is -0.412. The van der Waals surface area contributed by atoms with Crippen LogP contribution in [0.4, 0.5) is 10.5 Å². The lowest BCUT2D eigenvalue weighted by Crippen LogP contribution is -2.41. The normalized spacial score (nSPS) is 18.1. The number of ether oxygens (including phenoxy) is 1. The van der Waals surface area contributed by atoms with E-state index in [1.807, 2.05) is 19.1 Å². The van der Waals surface area contributed by atoms with E-state index in [-0.39, 0.29) is 5.03 Å². The van der Waals surface area contributed by atoms with Crippen molar-refractivity contribution in [2.75, 3.05) is 12.4 Å². The van der Waals surface area contributed by atoms with E-state index in [0.29, 0.717) is 17.0 Å². The monoisotopic (exact) mass is 408 g/mol. The van der Waals surface area contributed by atoms with Gasteiger partial charge in [-0.15, -0.1) is 0 Å². The van der Waals surface area contributed by atoms with Crippen molar-refractivity contribution in [3.05, 3.63) is 70.3 Å². The number of benzene rings is 2. The molecule has 1 heterocycles. The Morgan fingerprint density at radius 1 is 1.14 bits per heavy atom. The van der Waals surface area contributed by atoms with Gasteiger partial charge in [-0.2, -0.15) is 5.26 Å². The van der Waals surface area contributed by atoms with Crippen LogP contribution in [0.15, 0.2) is 59.1 Å². The van der Waals surface area contributed by atoms with Gasteiger partial charge >= 0.3 is 6.03 Å². The van der Waals surface area contributed by atoms with Crippen LogP contribution < -0.4 is 21.1 Å². The second-order valence-electron chi connectivity index (χ2n) is 6.49. The summed E-state index contributed by atoms with van der Waals surface area (Å²) >= 11 is 1.08. The van der Waals surface area contributed by atoms with E-state index in [1.165, 1.54) is 0 Å². The molecule has 0 aliphatic carbocycles. The minimum atomic E-state index is -0.734. The summed E-state index contributed by atoms with van der Waals surface area (Å²) in [5, 5.41) is 14.1. The lowest BCUT2D eigenvalue weighted by Gasteiger charge is -2.19. The fraction of sp³-hybridized carbons (Fsp3) is 0.190. The maximum atomic E-state index is 12.8. The van der Waals surface area contributed by atoms with Gasteiger partial charge in [0.25, 0.3) is 0 Å². The lowest BCUT2D eigenvalue weighted by atomic mass is 9.88. The summed E-state index contributed by atoms with van der Waals surface area (Å²) in [7, 11) is 1.56. The summed E-state index contributed by atoms with van der Waals surface area (Å²) in [6.45, 7) is 1.94. The van der Waals surface area contributed by atoms with Crippen LogP contribution in [0.25, 0.3) is 0 Å². The fourth-order valence-electron chi connectivity index (χ4n) is 3.04. The number of urea groups is 1. The summed E-state index contributed by atoms with van der Waals surface area (Å²) in [4.78, 5) is 25.0. The highest BCUT2D eigenvalue weighted by atomic mass is 32.2. The molecule has 2 aromatic rings. The molecule has 29 heavy (non-hydrogen) atoms. The molecule has 0 radical (unpaired) electrons. The second kappa shape index (κ2) is 8.71. The number of hydrogen-bond donors (Lipinski definition) is 3. The van der Waals surface area contributed by atoms with E-state index >= 15 is 0 Å². The number of carbonyl (C=O) groups is 2. The minimum absolute atomic E-state index is 0.285. The first kappa shape index (κ1) is 20.3. The summed E-state index contributed by atoms with van der Waals surface area (Å²) in [6, 6.07) is 15.7. The SMILES string of the molecule is COc1ccc(C2C(C#N)=C(N)SC2C(=O)NC(=O)Nc2ccc(C)cc2)cc1. The zero-order chi connectivity index (χ0) is 21.0. The number of nitrogens with zero attached hydrogens (tertiary/aromatic N) is 1. The molecule has 0 aromatic heterocycles. The first-order valence-electron chi connectivity index (χ1n) is 8.81. The van der Waals surface area contributed by atoms with E-state index in [0.717, 1.165) is 22.9 Å². The summed E-state index contributed by atoms with van der Waals surface area (Å²) < 4.78 is 5.16. The quantitative estimate of drug-likeness (QED) is 0.715. The van der Waals surface area contributed by atoms with E-state index in [1.54, 1.807) is 43.5 Å². The second-order valence-corrected chi connectivity index (χ2v) is 7.67. The van der Waals surface area contributed by atoms with E-state index in [4.69, 9.17) is 10.5 Å². The first-order valence-corrected chi connectivity index (χ1v) is 9.69. The number of amides is 3. The first-order chi connectivity index (χ1) is 13.9. The number of nitriles is 1. The van der Waals surface area contributed by atoms with Gasteiger partial charge in [-0.25, -0.2) is 4.79 Å². The number of methoxy groups -OCH3 is 1.